The molecule has 0 aliphatic heterocycles. The van der Waals surface area contributed by atoms with E-state index in [4.69, 9.17) is 11.6 Å². The molecule has 2 rings (SSSR count). The Balaban J connectivity index is 2.11. The van der Waals surface area contributed by atoms with Crippen LogP contribution in [-0.4, -0.2) is 13.6 Å². The van der Waals surface area contributed by atoms with E-state index in [0.717, 1.165) is 16.9 Å². The lowest BCUT2D eigenvalue weighted by atomic mass is 9.85. The highest BCUT2D eigenvalue weighted by Gasteiger charge is 2.20. The highest BCUT2D eigenvalue weighted by Crippen LogP contribution is 2.30. The second kappa shape index (κ2) is 5.42. The van der Waals surface area contributed by atoms with Crippen LogP contribution in [0.15, 0.2) is 22.7 Å². The van der Waals surface area contributed by atoms with Crippen LogP contribution in [-0.2, 0) is 5.88 Å². The van der Waals surface area contributed by atoms with E-state index in [1.807, 2.05) is 0 Å². The molecule has 0 saturated heterocycles. The monoisotopic (exact) mass is 301 g/mol. The fraction of sp³-hybridized carbons (Fsp3) is 0.538. The number of hydrogen-bond donors (Lipinski definition) is 0. The molecule has 0 radical (unpaired) electrons. The zero-order chi connectivity index (χ0) is 11.5. The van der Waals surface area contributed by atoms with E-state index >= 15 is 0 Å². The summed E-state index contributed by atoms with van der Waals surface area (Å²) in [5.41, 5.74) is 2.47. The van der Waals surface area contributed by atoms with Gasteiger partial charge in [-0.2, -0.15) is 0 Å². The van der Waals surface area contributed by atoms with E-state index in [2.05, 4.69) is 46.1 Å². The van der Waals surface area contributed by atoms with Gasteiger partial charge in [-0.05, 0) is 42.5 Å². The van der Waals surface area contributed by atoms with Gasteiger partial charge in [-0.15, -0.1) is 11.6 Å². The SMILES string of the molecule is CN(CC1CCC1)c1ccc(Br)cc1CCl. The summed E-state index contributed by atoms with van der Waals surface area (Å²) in [6, 6.07) is 6.35. The van der Waals surface area contributed by atoms with Crippen LogP contribution in [0.2, 0.25) is 0 Å². The van der Waals surface area contributed by atoms with E-state index < -0.39 is 0 Å². The lowest BCUT2D eigenvalue weighted by molar-refractivity contribution is 0.321. The van der Waals surface area contributed by atoms with Crippen molar-refractivity contribution in [1.82, 2.24) is 0 Å². The number of hydrogen-bond acceptors (Lipinski definition) is 1. The smallest absolute Gasteiger partial charge is 0.0494 e. The molecule has 1 nitrogen and oxygen atoms in total. The van der Waals surface area contributed by atoms with Crippen LogP contribution >= 0.6 is 27.5 Å². The van der Waals surface area contributed by atoms with Crippen LogP contribution in [0.1, 0.15) is 24.8 Å². The van der Waals surface area contributed by atoms with Crippen LogP contribution < -0.4 is 4.90 Å². The molecule has 1 aliphatic carbocycles. The van der Waals surface area contributed by atoms with Crippen molar-refractivity contribution in [1.29, 1.82) is 0 Å². The Morgan fingerprint density at radius 3 is 2.75 bits per heavy atom. The van der Waals surface area contributed by atoms with Gasteiger partial charge >= 0.3 is 0 Å². The lowest BCUT2D eigenvalue weighted by Gasteiger charge is -2.32. The number of anilines is 1. The molecule has 88 valence electrons. The molecule has 0 unspecified atom stereocenters. The van der Waals surface area contributed by atoms with E-state index in [0.29, 0.717) is 5.88 Å². The number of rotatable bonds is 4. The van der Waals surface area contributed by atoms with Crippen molar-refractivity contribution in [2.24, 2.45) is 5.92 Å². The maximum Gasteiger partial charge on any atom is 0.0494 e. The van der Waals surface area contributed by atoms with Gasteiger partial charge in [-0.3, -0.25) is 0 Å². The Bertz CT molecular complexity index is 363. The average Bonchev–Trinajstić information content (AvgIpc) is 2.23. The Labute approximate surface area is 111 Å². The summed E-state index contributed by atoms with van der Waals surface area (Å²) in [5, 5.41) is 0. The topological polar surface area (TPSA) is 3.24 Å². The number of alkyl halides is 1. The minimum Gasteiger partial charge on any atom is -0.374 e. The molecule has 0 bridgehead atoms. The highest BCUT2D eigenvalue weighted by molar-refractivity contribution is 9.10. The van der Waals surface area contributed by atoms with Crippen molar-refractivity contribution in [2.75, 3.05) is 18.5 Å². The number of benzene rings is 1. The van der Waals surface area contributed by atoms with Crippen LogP contribution in [0.5, 0.6) is 0 Å². The molecule has 1 aromatic rings. The second-order valence-electron chi connectivity index (χ2n) is 4.58. The normalized spacial score (nSPS) is 15.9. The zero-order valence-corrected chi connectivity index (χ0v) is 11.9. The fourth-order valence-electron chi connectivity index (χ4n) is 2.19. The van der Waals surface area contributed by atoms with Gasteiger partial charge in [0.1, 0.15) is 0 Å². The summed E-state index contributed by atoms with van der Waals surface area (Å²) >= 11 is 9.47. The Morgan fingerprint density at radius 1 is 1.44 bits per heavy atom. The van der Waals surface area contributed by atoms with E-state index in [1.165, 1.54) is 30.5 Å². The van der Waals surface area contributed by atoms with Crippen LogP contribution in [0.25, 0.3) is 0 Å². The first-order chi connectivity index (χ1) is 7.70. The molecule has 0 amide bonds. The fourth-order valence-corrected chi connectivity index (χ4v) is 2.82. The van der Waals surface area contributed by atoms with Gasteiger partial charge in [0.15, 0.2) is 0 Å². The Kier molecular flexibility index (Phi) is 4.15. The molecular weight excluding hydrogens is 286 g/mol. The van der Waals surface area contributed by atoms with Gasteiger partial charge < -0.3 is 4.90 Å². The molecule has 1 aliphatic rings. The molecule has 16 heavy (non-hydrogen) atoms. The van der Waals surface area contributed by atoms with Crippen molar-refractivity contribution >= 4 is 33.2 Å². The van der Waals surface area contributed by atoms with Gasteiger partial charge in [0.2, 0.25) is 0 Å². The van der Waals surface area contributed by atoms with E-state index in [1.54, 1.807) is 0 Å². The predicted octanol–water partition coefficient (Wildman–Crippen LogP) is 4.42. The number of nitrogens with zero attached hydrogens (tertiary/aromatic N) is 1. The maximum absolute atomic E-state index is 5.99. The first-order valence-electron chi connectivity index (χ1n) is 5.76. The molecule has 0 heterocycles. The summed E-state index contributed by atoms with van der Waals surface area (Å²) in [7, 11) is 2.16. The van der Waals surface area contributed by atoms with Crippen molar-refractivity contribution in [2.45, 2.75) is 25.1 Å². The van der Waals surface area contributed by atoms with Gasteiger partial charge in [0, 0.05) is 29.6 Å². The maximum atomic E-state index is 5.99. The molecule has 1 fully saturated rings. The van der Waals surface area contributed by atoms with E-state index in [-0.39, 0.29) is 0 Å². The standard InChI is InChI=1S/C13H17BrClN/c1-16(9-10-3-2-4-10)13-6-5-12(14)7-11(13)8-15/h5-7,10H,2-4,8-9H2,1H3. The number of halogens is 2. The van der Waals surface area contributed by atoms with Crippen LogP contribution in [0.4, 0.5) is 5.69 Å². The van der Waals surface area contributed by atoms with Crippen molar-refractivity contribution < 1.29 is 0 Å². The van der Waals surface area contributed by atoms with Crippen LogP contribution in [0, 0.1) is 5.92 Å². The van der Waals surface area contributed by atoms with Crippen molar-refractivity contribution in [3.05, 3.63) is 28.2 Å². The molecule has 0 atom stereocenters. The minimum absolute atomic E-state index is 0.573. The molecule has 1 aromatic carbocycles. The largest absolute Gasteiger partial charge is 0.374 e. The molecule has 0 aromatic heterocycles. The predicted molar refractivity (Wildman–Crippen MR) is 74.3 cm³/mol. The second-order valence-corrected chi connectivity index (χ2v) is 5.77. The summed E-state index contributed by atoms with van der Waals surface area (Å²) in [4.78, 5) is 2.34. The van der Waals surface area contributed by atoms with Crippen LogP contribution in [0.3, 0.4) is 0 Å². The van der Waals surface area contributed by atoms with Crippen molar-refractivity contribution in [3.8, 4) is 0 Å². The van der Waals surface area contributed by atoms with Gasteiger partial charge in [-0.25, -0.2) is 0 Å². The molecule has 1 saturated carbocycles. The third-order valence-electron chi connectivity index (χ3n) is 3.35. The summed E-state index contributed by atoms with van der Waals surface area (Å²) in [5.74, 6) is 1.46. The first-order valence-corrected chi connectivity index (χ1v) is 7.09. The first kappa shape index (κ1) is 12.3. The van der Waals surface area contributed by atoms with Crippen molar-refractivity contribution in [3.63, 3.8) is 0 Å². The third kappa shape index (κ3) is 2.72. The Morgan fingerprint density at radius 2 is 2.19 bits per heavy atom. The quantitative estimate of drug-likeness (QED) is 0.744. The van der Waals surface area contributed by atoms with Gasteiger partial charge in [-0.1, -0.05) is 22.4 Å². The molecular formula is C13H17BrClN. The third-order valence-corrected chi connectivity index (χ3v) is 4.13. The highest BCUT2D eigenvalue weighted by atomic mass is 79.9. The summed E-state index contributed by atoms with van der Waals surface area (Å²) in [6.07, 6.45) is 4.18. The van der Waals surface area contributed by atoms with E-state index in [9.17, 15) is 0 Å². The molecule has 0 N–H and O–H groups in total. The zero-order valence-electron chi connectivity index (χ0n) is 9.55. The summed E-state index contributed by atoms with van der Waals surface area (Å²) in [6.45, 7) is 1.16. The minimum atomic E-state index is 0.573. The van der Waals surface area contributed by atoms with Gasteiger partial charge in [0.05, 0.1) is 0 Å². The molecule has 0 spiro atoms. The summed E-state index contributed by atoms with van der Waals surface area (Å²) < 4.78 is 1.10. The average molecular weight is 303 g/mol. The lowest BCUT2D eigenvalue weighted by Crippen LogP contribution is -2.29. The Hall–Kier alpha value is -0.210. The molecule has 3 heteroatoms. The van der Waals surface area contributed by atoms with Gasteiger partial charge in [0.25, 0.3) is 0 Å².